The standard InChI is InChI=1S/C109H197N3O18S6/c1-7-13-19-25-31-37-43-49-55-61-82-122-101(113)67-73-110(74-68-102(114)123-83-62-56-50-44-38-32-26-20-14-8-2)79-90-131-133-93-88-128-107(119)98-95-99(108(120)129-89-94-134-132-91-80-111(75-69-103(115)124-84-63-57-51-45-39-33-27-21-15-9-3)76-70-104(116)125-85-64-58-52-46-40-34-28-22-16-10-4)97-100(96-98)109(121)130-136-135-92-81-112(77-71-105(117)126-86-65-59-53-47-41-35-29-23-17-11-5)78-72-106(118)127-87-66-60-54-48-42-36-30-24-18-12-6/h95-97H,7-94H2,1-6H3. The minimum Gasteiger partial charge on any atom is -0.466 e. The van der Waals surface area contributed by atoms with Crippen LogP contribution in [0.4, 0.5) is 0 Å². The average Bonchev–Trinajstić information content (AvgIpc) is 0.825. The Labute approximate surface area is 853 Å². The van der Waals surface area contributed by atoms with Crippen LogP contribution in [0.25, 0.3) is 0 Å². The molecule has 0 heterocycles. The number of rotatable bonds is 106. The molecule has 1 aromatic rings. The molecule has 0 aromatic heterocycles. The van der Waals surface area contributed by atoms with Crippen molar-refractivity contribution in [2.45, 2.75) is 465 Å². The van der Waals surface area contributed by atoms with Gasteiger partial charge in [-0.3, -0.25) is 28.8 Å². The highest BCUT2D eigenvalue weighted by molar-refractivity contribution is 8.77. The Bertz CT molecular complexity index is 2710. The first-order valence-corrected chi connectivity index (χ1v) is 62.5. The van der Waals surface area contributed by atoms with Gasteiger partial charge in [-0.25, -0.2) is 14.4 Å². The molecule has 136 heavy (non-hydrogen) atoms. The fraction of sp³-hybridized carbons (Fsp3) is 0.862. The van der Waals surface area contributed by atoms with E-state index in [1.807, 2.05) is 4.90 Å². The largest absolute Gasteiger partial charge is 0.466 e. The first-order valence-electron chi connectivity index (χ1n) is 55.3. The third-order valence-corrected chi connectivity index (χ3v) is 31.0. The highest BCUT2D eigenvalue weighted by atomic mass is 33.1. The molecule has 0 saturated heterocycles. The van der Waals surface area contributed by atoms with Gasteiger partial charge in [-0.2, -0.15) is 0 Å². The zero-order chi connectivity index (χ0) is 98.6. The minimum absolute atomic E-state index is 0.0137. The monoisotopic (exact) mass is 2030 g/mol. The second-order valence-electron chi connectivity index (χ2n) is 37.1. The van der Waals surface area contributed by atoms with E-state index in [1.54, 1.807) is 21.6 Å². The zero-order valence-corrected chi connectivity index (χ0v) is 92.0. The summed E-state index contributed by atoms with van der Waals surface area (Å²) in [6.07, 6.45) is 72.6. The molecule has 0 aliphatic rings. The van der Waals surface area contributed by atoms with E-state index < -0.39 is 17.9 Å². The molecule has 0 saturated carbocycles. The van der Waals surface area contributed by atoms with E-state index in [9.17, 15) is 43.2 Å². The molecule has 1 rings (SSSR count). The van der Waals surface area contributed by atoms with Crippen LogP contribution in [-0.2, 0) is 70.8 Å². The highest BCUT2D eigenvalue weighted by Gasteiger charge is 2.23. The van der Waals surface area contributed by atoms with E-state index in [4.69, 9.17) is 42.1 Å². The molecule has 0 bridgehead atoms. The second-order valence-corrected chi connectivity index (χ2v) is 44.5. The molecule has 0 fully saturated rings. The van der Waals surface area contributed by atoms with Crippen LogP contribution in [0.3, 0.4) is 0 Å². The Morgan fingerprint density at radius 1 is 0.191 bits per heavy atom. The number of benzene rings is 1. The van der Waals surface area contributed by atoms with Crippen LogP contribution < -0.4 is 0 Å². The molecule has 0 aliphatic heterocycles. The van der Waals surface area contributed by atoms with Gasteiger partial charge < -0.3 is 56.8 Å². The van der Waals surface area contributed by atoms with Gasteiger partial charge in [0.2, 0.25) is 0 Å². The van der Waals surface area contributed by atoms with Crippen LogP contribution in [0.15, 0.2) is 18.2 Å². The Morgan fingerprint density at radius 3 is 0.559 bits per heavy atom. The van der Waals surface area contributed by atoms with E-state index in [0.717, 1.165) is 127 Å². The number of ether oxygens (including phenoxy) is 8. The third kappa shape index (κ3) is 89.3. The topological polar surface area (TPSA) is 246 Å². The Hall–Kier alpha value is -3.57. The molecule has 0 amide bonds. The van der Waals surface area contributed by atoms with Crippen molar-refractivity contribution >= 4 is 119 Å². The van der Waals surface area contributed by atoms with Crippen LogP contribution in [0.1, 0.15) is 496 Å². The van der Waals surface area contributed by atoms with Crippen LogP contribution in [0.5, 0.6) is 0 Å². The van der Waals surface area contributed by atoms with E-state index in [0.29, 0.717) is 127 Å². The second kappa shape index (κ2) is 103. The molecule has 27 heteroatoms. The van der Waals surface area contributed by atoms with Crippen molar-refractivity contribution < 1.29 is 85.2 Å². The van der Waals surface area contributed by atoms with E-state index in [2.05, 4.69) is 51.3 Å². The molecule has 792 valence electrons. The molecule has 1 aromatic carbocycles. The Kier molecular flexibility index (Phi) is 98.7. The number of hydrogen-bond acceptors (Lipinski definition) is 27. The predicted octanol–water partition coefficient (Wildman–Crippen LogP) is 30.2. The summed E-state index contributed by atoms with van der Waals surface area (Å²) in [5.74, 6) is -1.29. The molecule has 0 atom stereocenters. The van der Waals surface area contributed by atoms with Crippen LogP contribution in [0.2, 0.25) is 0 Å². The predicted molar refractivity (Wildman–Crippen MR) is 576 cm³/mol. The van der Waals surface area contributed by atoms with Gasteiger partial charge in [-0.05, 0) is 67.5 Å². The lowest BCUT2D eigenvalue weighted by Crippen LogP contribution is -2.31. The van der Waals surface area contributed by atoms with E-state index in [-0.39, 0.29) is 104 Å². The molecule has 0 N–H and O–H groups in total. The first kappa shape index (κ1) is 130. The quantitative estimate of drug-likeness (QED) is 0.0193. The molecule has 0 spiro atoms. The van der Waals surface area contributed by atoms with Crippen molar-refractivity contribution in [3.8, 4) is 0 Å². The maximum absolute atomic E-state index is 14.1. The summed E-state index contributed by atoms with van der Waals surface area (Å²) in [7, 11) is 7.45. The number of unbranched alkanes of at least 4 members (excludes halogenated alkanes) is 54. The summed E-state index contributed by atoms with van der Waals surface area (Å²) in [6, 6.07) is 4.05. The summed E-state index contributed by atoms with van der Waals surface area (Å²) in [5.41, 5.74) is -0.160. The Balaban J connectivity index is 3.27. The molecule has 0 radical (unpaired) electrons. The van der Waals surface area contributed by atoms with Crippen molar-refractivity contribution in [1.29, 1.82) is 0 Å². The van der Waals surface area contributed by atoms with Gasteiger partial charge in [0.25, 0.3) is 0 Å². The number of esters is 8. The van der Waals surface area contributed by atoms with Crippen molar-refractivity contribution in [3.05, 3.63) is 34.9 Å². The lowest BCUT2D eigenvalue weighted by molar-refractivity contribution is -0.146. The summed E-state index contributed by atoms with van der Waals surface area (Å²) >= 11 is 0.846. The highest BCUT2D eigenvalue weighted by Crippen LogP contribution is 2.28. The van der Waals surface area contributed by atoms with Gasteiger partial charge in [0.15, 0.2) is 0 Å². The maximum atomic E-state index is 14.1. The zero-order valence-electron chi connectivity index (χ0n) is 87.1. The van der Waals surface area contributed by atoms with Crippen LogP contribution in [-0.4, -0.2) is 209 Å². The molecule has 0 unspecified atom stereocenters. The number of nitrogens with zero attached hydrogens (tertiary/aromatic N) is 3. The fourth-order valence-electron chi connectivity index (χ4n) is 15.9. The number of hydrogen-bond donors (Lipinski definition) is 0. The normalized spacial score (nSPS) is 11.4. The first-order chi connectivity index (χ1) is 66.7. The van der Waals surface area contributed by atoms with Crippen molar-refractivity contribution in [2.24, 2.45) is 0 Å². The van der Waals surface area contributed by atoms with Gasteiger partial charge >= 0.3 is 53.7 Å². The summed E-state index contributed by atoms with van der Waals surface area (Å²) in [5, 5.41) is 0. The third-order valence-electron chi connectivity index (χ3n) is 24.6. The lowest BCUT2D eigenvalue weighted by Gasteiger charge is -2.21. The molecule has 0 aliphatic carbocycles. The van der Waals surface area contributed by atoms with Gasteiger partial charge in [0.05, 0.1) is 94.9 Å². The molecule has 21 nitrogen and oxygen atoms in total. The smallest absolute Gasteiger partial charge is 0.351 e. The van der Waals surface area contributed by atoms with Crippen molar-refractivity contribution in [2.75, 3.05) is 141 Å². The van der Waals surface area contributed by atoms with Crippen LogP contribution >= 0.6 is 65.0 Å². The van der Waals surface area contributed by atoms with E-state index in [1.165, 1.54) is 320 Å². The van der Waals surface area contributed by atoms with Gasteiger partial charge in [-0.1, -0.05) is 431 Å². The Morgan fingerprint density at radius 2 is 0.360 bits per heavy atom. The summed E-state index contributed by atoms with van der Waals surface area (Å²) in [6.45, 7) is 19.9. The van der Waals surface area contributed by atoms with Gasteiger partial charge in [0, 0.05) is 87.7 Å². The fourth-order valence-corrected chi connectivity index (χ4v) is 21.0. The molecular formula is C109H197N3O18S6. The molecular weight excluding hydrogens is 1830 g/mol. The minimum atomic E-state index is -0.805. The van der Waals surface area contributed by atoms with Crippen LogP contribution in [0, 0.1) is 0 Å². The summed E-state index contributed by atoms with van der Waals surface area (Å²) < 4.78 is 51.3. The van der Waals surface area contributed by atoms with Crippen molar-refractivity contribution in [1.82, 2.24) is 14.7 Å². The number of carbonyl (C=O) groups is 9. The van der Waals surface area contributed by atoms with Gasteiger partial charge in [-0.15, -0.1) is 0 Å². The number of carbonyl (C=O) groups excluding carboxylic acids is 9. The summed E-state index contributed by atoms with van der Waals surface area (Å²) in [4.78, 5) is 127. The van der Waals surface area contributed by atoms with Gasteiger partial charge in [0.1, 0.15) is 24.3 Å². The van der Waals surface area contributed by atoms with Crippen molar-refractivity contribution in [3.63, 3.8) is 0 Å². The average molecular weight is 2030 g/mol. The maximum Gasteiger partial charge on any atom is 0.351 e. The SMILES string of the molecule is CCCCCCCCCCCCOC(=O)CCN(CCSSCCOC(=O)c1cc(C(=O)OCCSSCCN(CCC(=O)OCCCCCCCCCCCC)CCC(=O)OCCCCCCCCCCCC)cc(C(=O)OSSCCN(CCC(=O)OCCCCCCCCCCCC)CCC(=O)OCCCCCCCCCCCC)c1)CCC(=O)OCCCCCCCCCCCC. The van der Waals surface area contributed by atoms with E-state index >= 15 is 0 Å². The lowest BCUT2D eigenvalue weighted by atomic mass is 10.1.